The first kappa shape index (κ1) is 14.9. The molecule has 1 saturated heterocycles. The number of hydrogen-bond acceptors (Lipinski definition) is 5. The summed E-state index contributed by atoms with van der Waals surface area (Å²) in [6, 6.07) is -0.245. The van der Waals surface area contributed by atoms with Crippen LogP contribution in [0.3, 0.4) is 0 Å². The molecule has 2 rings (SSSR count). The van der Waals surface area contributed by atoms with Gasteiger partial charge in [-0.05, 0) is 39.3 Å². The minimum Gasteiger partial charge on any atom is -0.317 e. The highest BCUT2D eigenvalue weighted by molar-refractivity contribution is 7.90. The molecule has 1 fully saturated rings. The molecular weight excluding hydrogens is 282 g/mol. The number of aromatic nitrogens is 1. The predicted molar refractivity (Wildman–Crippen MR) is 77.9 cm³/mol. The Labute approximate surface area is 118 Å². The van der Waals surface area contributed by atoms with Gasteiger partial charge in [-0.25, -0.2) is 18.1 Å². The van der Waals surface area contributed by atoms with Crippen LogP contribution in [0.5, 0.6) is 0 Å². The van der Waals surface area contributed by atoms with Gasteiger partial charge in [0.15, 0.2) is 0 Å². The molecule has 1 aliphatic rings. The highest BCUT2D eigenvalue weighted by Gasteiger charge is 2.29. The normalized spacial score (nSPS) is 19.5. The zero-order valence-electron chi connectivity index (χ0n) is 11.3. The summed E-state index contributed by atoms with van der Waals surface area (Å²) in [5.74, 6) is 0. The van der Waals surface area contributed by atoms with Gasteiger partial charge in [-0.1, -0.05) is 6.92 Å². The average molecular weight is 303 g/mol. The van der Waals surface area contributed by atoms with Gasteiger partial charge in [0.25, 0.3) is 0 Å². The van der Waals surface area contributed by atoms with Crippen molar-refractivity contribution in [1.82, 2.24) is 15.0 Å². The molecule has 7 heteroatoms. The van der Waals surface area contributed by atoms with E-state index in [1.54, 1.807) is 11.3 Å². The van der Waals surface area contributed by atoms with Crippen LogP contribution in [0.1, 0.15) is 42.6 Å². The maximum absolute atomic E-state index is 12.3. The maximum Gasteiger partial charge on any atom is 0.215 e. The van der Waals surface area contributed by atoms with Crippen molar-refractivity contribution in [3.63, 3.8) is 0 Å². The smallest absolute Gasteiger partial charge is 0.215 e. The number of rotatable bonds is 5. The summed E-state index contributed by atoms with van der Waals surface area (Å²) in [5, 5.41) is 3.75. The molecule has 2 N–H and O–H groups in total. The summed E-state index contributed by atoms with van der Waals surface area (Å²) in [7, 11) is -3.25. The maximum atomic E-state index is 12.3. The number of piperidine rings is 1. The third-order valence-electron chi connectivity index (χ3n) is 3.36. The summed E-state index contributed by atoms with van der Waals surface area (Å²) in [4.78, 5) is 5.48. The van der Waals surface area contributed by atoms with Crippen molar-refractivity contribution in [3.05, 3.63) is 16.1 Å². The summed E-state index contributed by atoms with van der Waals surface area (Å²) in [6.07, 6.45) is 4.13. The summed E-state index contributed by atoms with van der Waals surface area (Å²) in [5.41, 5.74) is 0. The third kappa shape index (κ3) is 3.75. The van der Waals surface area contributed by atoms with Crippen molar-refractivity contribution in [2.45, 2.75) is 44.4 Å². The quantitative estimate of drug-likeness (QED) is 0.863. The lowest BCUT2D eigenvalue weighted by Gasteiger charge is -2.24. The van der Waals surface area contributed by atoms with Crippen LogP contribution in [-0.2, 0) is 16.4 Å². The van der Waals surface area contributed by atoms with Crippen LogP contribution in [0, 0.1) is 0 Å². The minimum atomic E-state index is -3.25. The van der Waals surface area contributed by atoms with E-state index < -0.39 is 10.0 Å². The lowest BCUT2D eigenvalue weighted by molar-refractivity contribution is 0.484. The molecule has 0 bridgehead atoms. The molecule has 0 aromatic carbocycles. The fraction of sp³-hybridized carbons (Fsp3) is 0.750. The van der Waals surface area contributed by atoms with E-state index in [0.29, 0.717) is 12.8 Å². The Bertz CT molecular complexity index is 507. The van der Waals surface area contributed by atoms with Crippen LogP contribution in [-0.4, -0.2) is 31.7 Å². The van der Waals surface area contributed by atoms with E-state index in [2.05, 4.69) is 21.9 Å². The number of thiazole rings is 1. The number of nitrogens with zero attached hydrogens (tertiary/aromatic N) is 1. The van der Waals surface area contributed by atoms with Crippen molar-refractivity contribution in [2.24, 2.45) is 0 Å². The van der Waals surface area contributed by atoms with Crippen LogP contribution in [0.15, 0.2) is 6.20 Å². The summed E-state index contributed by atoms with van der Waals surface area (Å²) in [6.45, 7) is 5.48. The molecule has 0 radical (unpaired) electrons. The lowest BCUT2D eigenvalue weighted by Crippen LogP contribution is -2.42. The molecule has 0 spiro atoms. The Balaban J connectivity index is 2.02. The standard InChI is InChI=1S/C12H21N3O2S2/c1-3-10-8-14-12(18-10)9(2)15-19(16,17)11-4-6-13-7-5-11/h8-9,11,13,15H,3-7H2,1-2H3. The fourth-order valence-corrected chi connectivity index (χ4v) is 4.77. The molecule has 1 aliphatic heterocycles. The fourth-order valence-electron chi connectivity index (χ4n) is 2.19. The molecule has 1 aromatic heterocycles. The number of sulfonamides is 1. The zero-order valence-corrected chi connectivity index (χ0v) is 13.0. The molecule has 108 valence electrons. The van der Waals surface area contributed by atoms with Gasteiger partial charge in [-0.2, -0.15) is 0 Å². The molecule has 19 heavy (non-hydrogen) atoms. The summed E-state index contributed by atoms with van der Waals surface area (Å²) >= 11 is 1.58. The predicted octanol–water partition coefficient (Wildman–Crippen LogP) is 1.44. The van der Waals surface area contributed by atoms with Gasteiger partial charge in [-0.15, -0.1) is 11.3 Å². The van der Waals surface area contributed by atoms with Crippen molar-refractivity contribution in [2.75, 3.05) is 13.1 Å². The molecule has 0 amide bonds. The first-order valence-corrected chi connectivity index (χ1v) is 9.05. The molecular formula is C12H21N3O2S2. The van der Waals surface area contributed by atoms with Crippen molar-refractivity contribution < 1.29 is 8.42 Å². The molecule has 1 aromatic rings. The van der Waals surface area contributed by atoms with E-state index in [1.165, 1.54) is 4.88 Å². The Hall–Kier alpha value is -0.500. The molecule has 1 atom stereocenters. The monoisotopic (exact) mass is 303 g/mol. The van der Waals surface area contributed by atoms with Gasteiger partial charge in [0, 0.05) is 11.1 Å². The Morgan fingerprint density at radius 1 is 1.53 bits per heavy atom. The Kier molecular flexibility index (Phi) is 4.94. The minimum absolute atomic E-state index is 0.245. The second kappa shape index (κ2) is 6.30. The Morgan fingerprint density at radius 2 is 2.21 bits per heavy atom. The molecule has 0 saturated carbocycles. The van der Waals surface area contributed by atoms with E-state index in [9.17, 15) is 8.42 Å². The number of aryl methyl sites for hydroxylation is 1. The zero-order chi connectivity index (χ0) is 13.9. The van der Waals surface area contributed by atoms with Crippen LogP contribution >= 0.6 is 11.3 Å². The third-order valence-corrected chi connectivity index (χ3v) is 6.71. The van der Waals surface area contributed by atoms with Crippen molar-refractivity contribution >= 4 is 21.4 Å². The Morgan fingerprint density at radius 3 is 2.79 bits per heavy atom. The van der Waals surface area contributed by atoms with Gasteiger partial charge in [0.1, 0.15) is 5.01 Å². The number of hydrogen-bond donors (Lipinski definition) is 2. The van der Waals surface area contributed by atoms with E-state index in [4.69, 9.17) is 0 Å². The van der Waals surface area contributed by atoms with Gasteiger partial charge in [0.2, 0.25) is 10.0 Å². The van der Waals surface area contributed by atoms with E-state index in [0.717, 1.165) is 24.5 Å². The van der Waals surface area contributed by atoms with Gasteiger partial charge < -0.3 is 5.32 Å². The van der Waals surface area contributed by atoms with Crippen LogP contribution in [0.2, 0.25) is 0 Å². The van der Waals surface area contributed by atoms with E-state index >= 15 is 0 Å². The van der Waals surface area contributed by atoms with E-state index in [-0.39, 0.29) is 11.3 Å². The highest BCUT2D eigenvalue weighted by atomic mass is 32.2. The van der Waals surface area contributed by atoms with Crippen molar-refractivity contribution in [1.29, 1.82) is 0 Å². The molecule has 0 aliphatic carbocycles. The SMILES string of the molecule is CCc1cnc(C(C)NS(=O)(=O)C2CCNCC2)s1. The van der Waals surface area contributed by atoms with Crippen LogP contribution in [0.4, 0.5) is 0 Å². The van der Waals surface area contributed by atoms with Gasteiger partial charge in [0.05, 0.1) is 11.3 Å². The molecule has 5 nitrogen and oxygen atoms in total. The second-order valence-corrected chi connectivity index (χ2v) is 7.99. The highest BCUT2D eigenvalue weighted by Crippen LogP contribution is 2.22. The molecule has 2 heterocycles. The number of nitrogens with one attached hydrogen (secondary N) is 2. The van der Waals surface area contributed by atoms with Gasteiger partial charge >= 0.3 is 0 Å². The van der Waals surface area contributed by atoms with Gasteiger partial charge in [-0.3, -0.25) is 0 Å². The topological polar surface area (TPSA) is 71.1 Å². The second-order valence-electron chi connectivity index (χ2n) is 4.85. The molecule has 1 unspecified atom stereocenters. The van der Waals surface area contributed by atoms with Crippen molar-refractivity contribution in [3.8, 4) is 0 Å². The van der Waals surface area contributed by atoms with Crippen LogP contribution < -0.4 is 10.0 Å². The summed E-state index contributed by atoms with van der Waals surface area (Å²) < 4.78 is 27.3. The lowest BCUT2D eigenvalue weighted by atomic mass is 10.2. The first-order valence-electron chi connectivity index (χ1n) is 6.69. The van der Waals surface area contributed by atoms with Crippen LogP contribution in [0.25, 0.3) is 0 Å². The average Bonchev–Trinajstić information content (AvgIpc) is 2.88. The van der Waals surface area contributed by atoms with E-state index in [1.807, 2.05) is 13.1 Å². The first-order chi connectivity index (χ1) is 9.03. The largest absolute Gasteiger partial charge is 0.317 e.